The Bertz CT molecular complexity index is 510. The van der Waals surface area contributed by atoms with Crippen molar-refractivity contribution >= 4 is 0 Å². The van der Waals surface area contributed by atoms with E-state index in [2.05, 4.69) is 0 Å². The maximum absolute atomic E-state index is 12.7. The van der Waals surface area contributed by atoms with Crippen molar-refractivity contribution in [1.82, 2.24) is 0 Å². The van der Waals surface area contributed by atoms with Crippen molar-refractivity contribution in [1.29, 1.82) is 0 Å². The van der Waals surface area contributed by atoms with E-state index >= 15 is 0 Å². The molecule has 2 nitrogen and oxygen atoms in total. The maximum atomic E-state index is 12.7. The van der Waals surface area contributed by atoms with E-state index < -0.39 is 0 Å². The van der Waals surface area contributed by atoms with Crippen LogP contribution >= 0.6 is 0 Å². The Kier molecular flexibility index (Phi) is 3.95. The minimum absolute atomic E-state index is 0.185. The number of ether oxygens (including phenoxy) is 1. The van der Waals surface area contributed by atoms with E-state index in [1.54, 1.807) is 12.1 Å². The van der Waals surface area contributed by atoms with Gasteiger partial charge in [-0.05, 0) is 36.8 Å². The van der Waals surface area contributed by atoms with Crippen LogP contribution in [0.25, 0.3) is 0 Å². The first-order valence-electron chi connectivity index (χ1n) is 5.85. The molecule has 0 fully saturated rings. The van der Waals surface area contributed by atoms with Crippen molar-refractivity contribution in [3.05, 3.63) is 65.5 Å². The lowest BCUT2D eigenvalue weighted by Crippen LogP contribution is -2.19. The Hall–Kier alpha value is -1.87. The second-order valence-electron chi connectivity index (χ2n) is 4.29. The molecule has 1 atom stereocenters. The van der Waals surface area contributed by atoms with E-state index in [0.29, 0.717) is 12.4 Å². The monoisotopic (exact) mass is 245 g/mol. The average molecular weight is 245 g/mol. The van der Waals surface area contributed by atoms with Crippen molar-refractivity contribution in [3.63, 3.8) is 0 Å². The summed E-state index contributed by atoms with van der Waals surface area (Å²) in [5.74, 6) is 0.352. The second-order valence-corrected chi connectivity index (χ2v) is 4.29. The van der Waals surface area contributed by atoms with Gasteiger partial charge in [0.05, 0.1) is 6.04 Å². The molecular weight excluding hydrogens is 229 g/mol. The molecule has 0 saturated carbocycles. The second kappa shape index (κ2) is 5.65. The Morgan fingerprint density at radius 1 is 1.17 bits per heavy atom. The van der Waals surface area contributed by atoms with Gasteiger partial charge in [-0.15, -0.1) is 0 Å². The van der Waals surface area contributed by atoms with Crippen LogP contribution in [0.2, 0.25) is 0 Å². The zero-order chi connectivity index (χ0) is 13.0. The Labute approximate surface area is 106 Å². The number of benzene rings is 2. The van der Waals surface area contributed by atoms with E-state index in [9.17, 15) is 4.39 Å². The summed E-state index contributed by atoms with van der Waals surface area (Å²) in [6.45, 7) is 2.39. The van der Waals surface area contributed by atoms with Crippen molar-refractivity contribution in [2.24, 2.45) is 5.73 Å². The molecule has 2 N–H and O–H groups in total. The normalized spacial score (nSPS) is 12.2. The highest BCUT2D eigenvalue weighted by molar-refractivity contribution is 5.26. The molecule has 0 aromatic heterocycles. The largest absolute Gasteiger partial charge is 0.492 e. The minimum atomic E-state index is -0.273. The molecule has 3 heteroatoms. The summed E-state index contributed by atoms with van der Waals surface area (Å²) in [6, 6.07) is 13.8. The molecule has 0 radical (unpaired) electrons. The van der Waals surface area contributed by atoms with Crippen LogP contribution < -0.4 is 10.5 Å². The van der Waals surface area contributed by atoms with Gasteiger partial charge in [-0.2, -0.15) is 0 Å². The van der Waals surface area contributed by atoms with Crippen LogP contribution in [0.4, 0.5) is 4.39 Å². The zero-order valence-electron chi connectivity index (χ0n) is 10.3. The van der Waals surface area contributed by atoms with Gasteiger partial charge in [0, 0.05) is 0 Å². The predicted octanol–water partition coefficient (Wildman–Crippen LogP) is 3.21. The molecule has 2 aromatic carbocycles. The fourth-order valence-electron chi connectivity index (χ4n) is 1.71. The number of hydrogen-bond donors (Lipinski definition) is 1. The molecule has 94 valence electrons. The zero-order valence-corrected chi connectivity index (χ0v) is 10.3. The van der Waals surface area contributed by atoms with Crippen molar-refractivity contribution < 1.29 is 9.13 Å². The molecule has 0 aliphatic rings. The minimum Gasteiger partial charge on any atom is -0.492 e. The van der Waals surface area contributed by atoms with Crippen LogP contribution in [0.1, 0.15) is 17.2 Å². The standard InChI is InChI=1S/C15H16FNO/c1-11-3-2-4-12(9-11)15(17)10-18-14-7-5-13(16)6-8-14/h2-9,15H,10,17H2,1H3. The summed E-state index contributed by atoms with van der Waals surface area (Å²) in [5, 5.41) is 0. The van der Waals surface area contributed by atoms with Gasteiger partial charge in [0.2, 0.25) is 0 Å². The molecule has 0 bridgehead atoms. The predicted molar refractivity (Wildman–Crippen MR) is 70.0 cm³/mol. The van der Waals surface area contributed by atoms with E-state index in [1.807, 2.05) is 31.2 Å². The van der Waals surface area contributed by atoms with E-state index in [4.69, 9.17) is 10.5 Å². The van der Waals surface area contributed by atoms with Crippen LogP contribution in [0.5, 0.6) is 5.75 Å². The van der Waals surface area contributed by atoms with Gasteiger partial charge in [0.15, 0.2) is 0 Å². The molecule has 0 aliphatic heterocycles. The SMILES string of the molecule is Cc1cccc(C(N)COc2ccc(F)cc2)c1. The summed E-state index contributed by atoms with van der Waals surface area (Å²) in [6.07, 6.45) is 0. The number of nitrogens with two attached hydrogens (primary N) is 1. The molecule has 1 unspecified atom stereocenters. The van der Waals surface area contributed by atoms with Gasteiger partial charge < -0.3 is 10.5 Å². The molecule has 0 amide bonds. The van der Waals surface area contributed by atoms with Gasteiger partial charge in [-0.3, -0.25) is 0 Å². The van der Waals surface area contributed by atoms with Gasteiger partial charge >= 0.3 is 0 Å². The van der Waals surface area contributed by atoms with E-state index in [0.717, 1.165) is 5.56 Å². The maximum Gasteiger partial charge on any atom is 0.123 e. The topological polar surface area (TPSA) is 35.2 Å². The van der Waals surface area contributed by atoms with Crippen molar-refractivity contribution in [2.75, 3.05) is 6.61 Å². The van der Waals surface area contributed by atoms with Crippen LogP contribution in [-0.2, 0) is 0 Å². The summed E-state index contributed by atoms with van der Waals surface area (Å²) in [7, 11) is 0. The third-order valence-corrected chi connectivity index (χ3v) is 2.71. The molecule has 0 saturated heterocycles. The Morgan fingerprint density at radius 3 is 2.56 bits per heavy atom. The lowest BCUT2D eigenvalue weighted by atomic mass is 10.1. The number of aryl methyl sites for hydroxylation is 1. The highest BCUT2D eigenvalue weighted by Crippen LogP contribution is 2.16. The van der Waals surface area contributed by atoms with Crippen molar-refractivity contribution in [2.45, 2.75) is 13.0 Å². The Morgan fingerprint density at radius 2 is 1.89 bits per heavy atom. The van der Waals surface area contributed by atoms with Crippen molar-refractivity contribution in [3.8, 4) is 5.75 Å². The summed E-state index contributed by atoms with van der Waals surface area (Å²) < 4.78 is 18.2. The van der Waals surface area contributed by atoms with Crippen LogP contribution in [0.15, 0.2) is 48.5 Å². The quantitative estimate of drug-likeness (QED) is 0.897. The summed E-state index contributed by atoms with van der Waals surface area (Å²) >= 11 is 0. The molecule has 0 heterocycles. The first-order valence-corrected chi connectivity index (χ1v) is 5.85. The lowest BCUT2D eigenvalue weighted by molar-refractivity contribution is 0.290. The van der Waals surface area contributed by atoms with Gasteiger partial charge in [0.1, 0.15) is 18.2 Å². The van der Waals surface area contributed by atoms with E-state index in [1.165, 1.54) is 17.7 Å². The van der Waals surface area contributed by atoms with Gasteiger partial charge in [-0.25, -0.2) is 4.39 Å². The highest BCUT2D eigenvalue weighted by atomic mass is 19.1. The molecule has 18 heavy (non-hydrogen) atoms. The fraction of sp³-hybridized carbons (Fsp3) is 0.200. The fourth-order valence-corrected chi connectivity index (χ4v) is 1.71. The lowest BCUT2D eigenvalue weighted by Gasteiger charge is -2.14. The summed E-state index contributed by atoms with van der Waals surface area (Å²) in [4.78, 5) is 0. The highest BCUT2D eigenvalue weighted by Gasteiger charge is 2.07. The first kappa shape index (κ1) is 12.6. The van der Waals surface area contributed by atoms with Crippen LogP contribution in [0.3, 0.4) is 0 Å². The number of hydrogen-bond acceptors (Lipinski definition) is 2. The smallest absolute Gasteiger partial charge is 0.123 e. The molecule has 2 aromatic rings. The molecule has 2 rings (SSSR count). The number of rotatable bonds is 4. The summed E-state index contributed by atoms with van der Waals surface area (Å²) in [5.41, 5.74) is 8.25. The van der Waals surface area contributed by atoms with Crippen LogP contribution in [-0.4, -0.2) is 6.61 Å². The van der Waals surface area contributed by atoms with Gasteiger partial charge in [-0.1, -0.05) is 29.8 Å². The van der Waals surface area contributed by atoms with Crippen LogP contribution in [0, 0.1) is 12.7 Å². The van der Waals surface area contributed by atoms with E-state index in [-0.39, 0.29) is 11.9 Å². The molecule has 0 aliphatic carbocycles. The number of halogens is 1. The third-order valence-electron chi connectivity index (χ3n) is 2.71. The van der Waals surface area contributed by atoms with Gasteiger partial charge in [0.25, 0.3) is 0 Å². The first-order chi connectivity index (χ1) is 8.65. The Balaban J connectivity index is 1.96. The third kappa shape index (κ3) is 3.31. The average Bonchev–Trinajstić information content (AvgIpc) is 2.38. The molecular formula is C15H16FNO. The molecule has 0 spiro atoms.